The van der Waals surface area contributed by atoms with Crippen LogP contribution in [-0.2, 0) is 0 Å². The van der Waals surface area contributed by atoms with E-state index in [0.717, 1.165) is 28.3 Å². The Balaban J connectivity index is 2.00. The van der Waals surface area contributed by atoms with Crippen molar-refractivity contribution in [2.24, 2.45) is 5.84 Å². The molecule has 110 valence electrons. The average Bonchev–Trinajstić information content (AvgIpc) is 2.62. The van der Waals surface area contributed by atoms with Crippen molar-refractivity contribution in [3.63, 3.8) is 0 Å². The Hall–Kier alpha value is -2.78. The van der Waals surface area contributed by atoms with Gasteiger partial charge in [0.2, 0.25) is 0 Å². The van der Waals surface area contributed by atoms with Crippen molar-refractivity contribution in [1.29, 1.82) is 0 Å². The average molecular weight is 290 g/mol. The molecule has 0 radical (unpaired) electrons. The molecule has 0 bridgehead atoms. The van der Waals surface area contributed by atoms with Gasteiger partial charge in [-0.3, -0.25) is 5.01 Å². The lowest BCUT2D eigenvalue weighted by atomic mass is 10.0. The molecule has 0 amide bonds. The number of para-hydroxylation sites is 1. The largest absolute Gasteiger partial charge is 0.497 e. The van der Waals surface area contributed by atoms with Gasteiger partial charge in [-0.15, -0.1) is 0 Å². The number of anilines is 2. The van der Waals surface area contributed by atoms with Crippen molar-refractivity contribution < 1.29 is 4.74 Å². The van der Waals surface area contributed by atoms with Crippen LogP contribution in [0.3, 0.4) is 0 Å². The van der Waals surface area contributed by atoms with Crippen LogP contribution < -0.4 is 15.6 Å². The number of benzene rings is 3. The second-order valence-corrected chi connectivity index (χ2v) is 4.95. The SMILES string of the molecule is COc1ccc(N(N)c2ccccc2-c2ccccc2)cc1. The fourth-order valence-corrected chi connectivity index (χ4v) is 2.43. The molecule has 3 nitrogen and oxygen atoms in total. The third-order valence-corrected chi connectivity index (χ3v) is 3.60. The first-order chi connectivity index (χ1) is 10.8. The Kier molecular flexibility index (Phi) is 4.08. The minimum atomic E-state index is 0.813. The van der Waals surface area contributed by atoms with Gasteiger partial charge in [0.25, 0.3) is 0 Å². The van der Waals surface area contributed by atoms with Gasteiger partial charge in [0.15, 0.2) is 0 Å². The molecule has 3 heteroatoms. The van der Waals surface area contributed by atoms with Crippen LogP contribution in [0.1, 0.15) is 0 Å². The van der Waals surface area contributed by atoms with Crippen LogP contribution in [0.25, 0.3) is 11.1 Å². The van der Waals surface area contributed by atoms with Gasteiger partial charge in [0, 0.05) is 5.56 Å². The van der Waals surface area contributed by atoms with E-state index < -0.39 is 0 Å². The zero-order chi connectivity index (χ0) is 15.4. The molecule has 22 heavy (non-hydrogen) atoms. The van der Waals surface area contributed by atoms with Gasteiger partial charge in [0.1, 0.15) is 5.75 Å². The Morgan fingerprint density at radius 1 is 0.773 bits per heavy atom. The molecule has 3 rings (SSSR count). The summed E-state index contributed by atoms with van der Waals surface area (Å²) < 4.78 is 5.19. The molecule has 0 saturated heterocycles. The molecule has 0 aromatic heterocycles. The normalized spacial score (nSPS) is 10.3. The Labute approximate surface area is 130 Å². The van der Waals surface area contributed by atoms with E-state index in [1.807, 2.05) is 60.7 Å². The maximum Gasteiger partial charge on any atom is 0.119 e. The van der Waals surface area contributed by atoms with Crippen LogP contribution in [0.2, 0.25) is 0 Å². The van der Waals surface area contributed by atoms with E-state index in [0.29, 0.717) is 0 Å². The first-order valence-corrected chi connectivity index (χ1v) is 7.13. The van der Waals surface area contributed by atoms with Crippen LogP contribution in [-0.4, -0.2) is 7.11 Å². The molecule has 0 atom stereocenters. The van der Waals surface area contributed by atoms with Gasteiger partial charge in [-0.2, -0.15) is 0 Å². The Morgan fingerprint density at radius 3 is 2.09 bits per heavy atom. The quantitative estimate of drug-likeness (QED) is 0.572. The predicted octanol–water partition coefficient (Wildman–Crippen LogP) is 4.37. The lowest BCUT2D eigenvalue weighted by Crippen LogP contribution is -2.25. The smallest absolute Gasteiger partial charge is 0.119 e. The molecule has 0 heterocycles. The van der Waals surface area contributed by atoms with Gasteiger partial charge in [-0.05, 0) is 35.9 Å². The topological polar surface area (TPSA) is 38.5 Å². The molecule has 0 aliphatic heterocycles. The number of nitrogens with two attached hydrogens (primary N) is 1. The molecule has 3 aromatic rings. The number of hydrogen-bond donors (Lipinski definition) is 1. The van der Waals surface area contributed by atoms with Crippen molar-refractivity contribution in [3.8, 4) is 16.9 Å². The van der Waals surface area contributed by atoms with Crippen LogP contribution in [0.5, 0.6) is 5.75 Å². The maximum absolute atomic E-state index is 6.34. The van der Waals surface area contributed by atoms with Crippen molar-refractivity contribution in [2.45, 2.75) is 0 Å². The third-order valence-electron chi connectivity index (χ3n) is 3.60. The summed E-state index contributed by atoms with van der Waals surface area (Å²) in [4.78, 5) is 0. The minimum absolute atomic E-state index is 0.813. The van der Waals surface area contributed by atoms with Gasteiger partial charge >= 0.3 is 0 Å². The second-order valence-electron chi connectivity index (χ2n) is 4.95. The first kappa shape index (κ1) is 14.2. The van der Waals surface area contributed by atoms with E-state index in [2.05, 4.69) is 18.2 Å². The Bertz CT molecular complexity index is 739. The molecule has 3 aromatic carbocycles. The van der Waals surface area contributed by atoms with Crippen LogP contribution in [0.15, 0.2) is 78.9 Å². The molecule has 0 saturated carbocycles. The van der Waals surface area contributed by atoms with Crippen molar-refractivity contribution >= 4 is 11.4 Å². The third kappa shape index (κ3) is 2.80. The maximum atomic E-state index is 6.34. The van der Waals surface area contributed by atoms with Gasteiger partial charge in [-0.25, -0.2) is 5.84 Å². The molecule has 0 aliphatic rings. The molecule has 0 fully saturated rings. The van der Waals surface area contributed by atoms with Crippen LogP contribution in [0, 0.1) is 0 Å². The van der Waals surface area contributed by atoms with Crippen molar-refractivity contribution in [2.75, 3.05) is 12.1 Å². The zero-order valence-electron chi connectivity index (χ0n) is 12.4. The van der Waals surface area contributed by atoms with E-state index >= 15 is 0 Å². The highest BCUT2D eigenvalue weighted by Gasteiger charge is 2.11. The van der Waals surface area contributed by atoms with Crippen molar-refractivity contribution in [3.05, 3.63) is 78.9 Å². The van der Waals surface area contributed by atoms with Gasteiger partial charge < -0.3 is 4.74 Å². The summed E-state index contributed by atoms with van der Waals surface area (Å²) in [7, 11) is 1.65. The molecule has 2 N–H and O–H groups in total. The summed E-state index contributed by atoms with van der Waals surface area (Å²) in [5.41, 5.74) is 4.10. The fourth-order valence-electron chi connectivity index (χ4n) is 2.43. The van der Waals surface area contributed by atoms with E-state index in [1.165, 1.54) is 0 Å². The zero-order valence-corrected chi connectivity index (χ0v) is 12.4. The van der Waals surface area contributed by atoms with Crippen LogP contribution in [0.4, 0.5) is 11.4 Å². The highest BCUT2D eigenvalue weighted by molar-refractivity contribution is 5.81. The number of nitrogens with zero attached hydrogens (tertiary/aromatic N) is 1. The van der Waals surface area contributed by atoms with Crippen molar-refractivity contribution in [1.82, 2.24) is 0 Å². The van der Waals surface area contributed by atoms with E-state index in [1.54, 1.807) is 12.1 Å². The summed E-state index contributed by atoms with van der Waals surface area (Å²) in [5, 5.41) is 1.70. The number of ether oxygens (including phenoxy) is 1. The number of methoxy groups -OCH3 is 1. The lowest BCUT2D eigenvalue weighted by Gasteiger charge is -2.22. The number of hydrazine groups is 1. The molecule has 0 aliphatic carbocycles. The monoisotopic (exact) mass is 290 g/mol. The summed E-state index contributed by atoms with van der Waals surface area (Å²) in [6, 6.07) is 26.0. The Morgan fingerprint density at radius 2 is 1.41 bits per heavy atom. The highest BCUT2D eigenvalue weighted by atomic mass is 16.5. The number of hydrogen-bond acceptors (Lipinski definition) is 3. The first-order valence-electron chi connectivity index (χ1n) is 7.13. The highest BCUT2D eigenvalue weighted by Crippen LogP contribution is 2.33. The second kappa shape index (κ2) is 6.33. The fraction of sp³-hybridized carbons (Fsp3) is 0.0526. The number of rotatable bonds is 4. The summed E-state index contributed by atoms with van der Waals surface area (Å²) >= 11 is 0. The summed E-state index contributed by atoms with van der Waals surface area (Å²) in [6.45, 7) is 0. The van der Waals surface area contributed by atoms with E-state index in [4.69, 9.17) is 10.6 Å². The molecule has 0 spiro atoms. The summed E-state index contributed by atoms with van der Waals surface area (Å²) in [5.74, 6) is 7.15. The standard InChI is InChI=1S/C19H18N2O/c1-22-17-13-11-16(12-14-17)21(20)19-10-6-5-9-18(19)15-7-3-2-4-8-15/h2-14H,20H2,1H3. The van der Waals surface area contributed by atoms with E-state index in [9.17, 15) is 0 Å². The van der Waals surface area contributed by atoms with Gasteiger partial charge in [-0.1, -0.05) is 48.5 Å². The summed E-state index contributed by atoms with van der Waals surface area (Å²) in [6.07, 6.45) is 0. The van der Waals surface area contributed by atoms with Gasteiger partial charge in [0.05, 0.1) is 18.5 Å². The minimum Gasteiger partial charge on any atom is -0.497 e. The van der Waals surface area contributed by atoms with E-state index in [-0.39, 0.29) is 0 Å². The lowest BCUT2D eigenvalue weighted by molar-refractivity contribution is 0.415. The van der Waals surface area contributed by atoms with Crippen LogP contribution >= 0.6 is 0 Å². The predicted molar refractivity (Wildman–Crippen MR) is 91.2 cm³/mol. The molecule has 0 unspecified atom stereocenters. The molecular weight excluding hydrogens is 272 g/mol. The molecular formula is C19H18N2O.